The molecule has 0 N–H and O–H groups in total. The number of rotatable bonds is 3. The summed E-state index contributed by atoms with van der Waals surface area (Å²) in [5.74, 6) is -0.299. The largest absolute Gasteiger partial charge is 0.481 e. The van der Waals surface area contributed by atoms with Crippen LogP contribution in [0.5, 0.6) is 5.75 Å². The molecule has 0 aromatic heterocycles. The minimum atomic E-state index is -4.47. The molecule has 0 saturated carbocycles. The molecule has 3 nitrogen and oxygen atoms in total. The Morgan fingerprint density at radius 1 is 1.24 bits per heavy atom. The Labute approximate surface area is 148 Å². The number of benzene rings is 2. The van der Waals surface area contributed by atoms with Gasteiger partial charge in [-0.15, -0.1) is 0 Å². The van der Waals surface area contributed by atoms with Gasteiger partial charge in [0.25, 0.3) is 5.91 Å². The number of halogens is 4. The number of carbonyl (C=O) groups excluding carboxylic acids is 1. The fourth-order valence-electron chi connectivity index (χ4n) is 2.69. The summed E-state index contributed by atoms with van der Waals surface area (Å²) in [5.41, 5.74) is 2.00. The highest BCUT2D eigenvalue weighted by molar-refractivity contribution is 6.31. The lowest BCUT2D eigenvalue weighted by Crippen LogP contribution is -2.31. The molecular formula is C18H15ClF3NO2. The lowest BCUT2D eigenvalue weighted by atomic mass is 10.1. The van der Waals surface area contributed by atoms with Crippen LogP contribution in [0.2, 0.25) is 5.02 Å². The molecule has 2 aromatic carbocycles. The SMILES string of the molecule is CC(Oc1cccc(C(=O)N2CCc3ccc(Cl)cc32)c1)C(F)(F)F. The molecule has 1 aliphatic rings. The third kappa shape index (κ3) is 3.74. The molecule has 0 radical (unpaired) electrons. The highest BCUT2D eigenvalue weighted by Gasteiger charge is 2.38. The number of amides is 1. The molecule has 1 unspecified atom stereocenters. The molecule has 0 spiro atoms. The van der Waals surface area contributed by atoms with Crippen LogP contribution < -0.4 is 9.64 Å². The molecular weight excluding hydrogens is 355 g/mol. The van der Waals surface area contributed by atoms with Crippen LogP contribution in [0.15, 0.2) is 42.5 Å². The molecule has 1 heterocycles. The van der Waals surface area contributed by atoms with Gasteiger partial charge in [-0.3, -0.25) is 4.79 Å². The van der Waals surface area contributed by atoms with E-state index in [1.54, 1.807) is 23.1 Å². The van der Waals surface area contributed by atoms with Gasteiger partial charge in [-0.25, -0.2) is 0 Å². The van der Waals surface area contributed by atoms with Crippen molar-refractivity contribution < 1.29 is 22.7 Å². The first-order chi connectivity index (χ1) is 11.8. The van der Waals surface area contributed by atoms with Gasteiger partial charge >= 0.3 is 6.18 Å². The second-order valence-electron chi connectivity index (χ2n) is 5.81. The molecule has 7 heteroatoms. The molecule has 0 fully saturated rings. The van der Waals surface area contributed by atoms with Crippen LogP contribution in [0.3, 0.4) is 0 Å². The molecule has 1 aliphatic heterocycles. The van der Waals surface area contributed by atoms with Gasteiger partial charge in [0.15, 0.2) is 6.10 Å². The van der Waals surface area contributed by atoms with Crippen molar-refractivity contribution in [3.63, 3.8) is 0 Å². The second-order valence-corrected chi connectivity index (χ2v) is 6.25. The molecule has 1 atom stereocenters. The number of hydrogen-bond donors (Lipinski definition) is 0. The maximum absolute atomic E-state index is 12.8. The summed E-state index contributed by atoms with van der Waals surface area (Å²) in [5, 5.41) is 0.523. The van der Waals surface area contributed by atoms with Crippen molar-refractivity contribution in [1.29, 1.82) is 0 Å². The highest BCUT2D eigenvalue weighted by Crippen LogP contribution is 2.32. The Hall–Kier alpha value is -2.21. The predicted molar refractivity (Wildman–Crippen MR) is 89.4 cm³/mol. The van der Waals surface area contributed by atoms with Crippen molar-refractivity contribution in [1.82, 2.24) is 0 Å². The molecule has 132 valence electrons. The van der Waals surface area contributed by atoms with E-state index >= 15 is 0 Å². The Morgan fingerprint density at radius 2 is 2.00 bits per heavy atom. The predicted octanol–water partition coefficient (Wildman–Crippen LogP) is 4.87. The van der Waals surface area contributed by atoms with Crippen molar-refractivity contribution in [3.8, 4) is 5.75 Å². The summed E-state index contributed by atoms with van der Waals surface area (Å²) in [6, 6.07) is 11.1. The van der Waals surface area contributed by atoms with Crippen LogP contribution in [0.1, 0.15) is 22.8 Å². The molecule has 0 bridgehead atoms. The smallest absolute Gasteiger partial charge is 0.425 e. The molecule has 2 aromatic rings. The molecule has 3 rings (SSSR count). The standard InChI is InChI=1S/C18H15ClF3NO2/c1-11(18(20,21)22)25-15-4-2-3-13(9-15)17(24)23-8-7-12-5-6-14(19)10-16(12)23/h2-6,9-11H,7-8H2,1H3. The minimum absolute atomic E-state index is 0.00110. The maximum Gasteiger partial charge on any atom is 0.425 e. The molecule has 25 heavy (non-hydrogen) atoms. The van der Waals surface area contributed by atoms with Gasteiger partial charge in [0.2, 0.25) is 0 Å². The number of anilines is 1. The first-order valence-electron chi connectivity index (χ1n) is 7.69. The van der Waals surface area contributed by atoms with Gasteiger partial charge in [-0.05, 0) is 49.2 Å². The molecule has 0 saturated heterocycles. The van der Waals surface area contributed by atoms with E-state index in [2.05, 4.69) is 0 Å². The van der Waals surface area contributed by atoms with Crippen LogP contribution in [-0.2, 0) is 6.42 Å². The minimum Gasteiger partial charge on any atom is -0.481 e. The number of hydrogen-bond acceptors (Lipinski definition) is 2. The Bertz CT molecular complexity index is 807. The zero-order chi connectivity index (χ0) is 18.2. The van der Waals surface area contributed by atoms with E-state index < -0.39 is 12.3 Å². The third-order valence-corrected chi connectivity index (χ3v) is 4.28. The van der Waals surface area contributed by atoms with Gasteiger partial charge < -0.3 is 9.64 Å². The van der Waals surface area contributed by atoms with E-state index in [-0.39, 0.29) is 17.2 Å². The fourth-order valence-corrected chi connectivity index (χ4v) is 2.86. The quantitative estimate of drug-likeness (QED) is 0.772. The topological polar surface area (TPSA) is 29.5 Å². The van der Waals surface area contributed by atoms with Crippen LogP contribution in [-0.4, -0.2) is 24.7 Å². The van der Waals surface area contributed by atoms with Crippen LogP contribution in [0.25, 0.3) is 0 Å². The summed E-state index contributed by atoms with van der Waals surface area (Å²) >= 11 is 6.00. The van der Waals surface area contributed by atoms with Crippen LogP contribution in [0.4, 0.5) is 18.9 Å². The molecule has 1 amide bonds. The Kier molecular flexibility index (Phi) is 4.64. The van der Waals surface area contributed by atoms with E-state index in [0.29, 0.717) is 18.0 Å². The normalized spacial score (nSPS) is 15.0. The van der Waals surface area contributed by atoms with E-state index in [1.165, 1.54) is 18.2 Å². The van der Waals surface area contributed by atoms with Gasteiger partial charge in [-0.2, -0.15) is 13.2 Å². The van der Waals surface area contributed by atoms with Gasteiger partial charge in [0, 0.05) is 22.8 Å². The monoisotopic (exact) mass is 369 g/mol. The van der Waals surface area contributed by atoms with Gasteiger partial charge in [-0.1, -0.05) is 23.7 Å². The van der Waals surface area contributed by atoms with E-state index in [4.69, 9.17) is 16.3 Å². The zero-order valence-corrected chi connectivity index (χ0v) is 14.1. The number of fused-ring (bicyclic) bond motifs is 1. The van der Waals surface area contributed by atoms with Gasteiger partial charge in [0.05, 0.1) is 0 Å². The van der Waals surface area contributed by atoms with Gasteiger partial charge in [0.1, 0.15) is 5.75 Å². The number of alkyl halides is 3. The summed E-state index contributed by atoms with van der Waals surface area (Å²) in [7, 11) is 0. The van der Waals surface area contributed by atoms with E-state index in [0.717, 1.165) is 18.2 Å². The number of nitrogens with zero attached hydrogens (tertiary/aromatic N) is 1. The lowest BCUT2D eigenvalue weighted by Gasteiger charge is -2.20. The Balaban J connectivity index is 1.83. The highest BCUT2D eigenvalue weighted by atomic mass is 35.5. The van der Waals surface area contributed by atoms with Crippen LogP contribution >= 0.6 is 11.6 Å². The average Bonchev–Trinajstić information content (AvgIpc) is 2.96. The fraction of sp³-hybridized carbons (Fsp3) is 0.278. The number of carbonyl (C=O) groups is 1. The summed E-state index contributed by atoms with van der Waals surface area (Å²) < 4.78 is 42.8. The van der Waals surface area contributed by atoms with Crippen molar-refractivity contribution in [2.75, 3.05) is 11.4 Å². The van der Waals surface area contributed by atoms with E-state index in [1.807, 2.05) is 6.07 Å². The van der Waals surface area contributed by atoms with Crippen molar-refractivity contribution in [3.05, 3.63) is 58.6 Å². The number of ether oxygens (including phenoxy) is 1. The maximum atomic E-state index is 12.8. The van der Waals surface area contributed by atoms with Crippen molar-refractivity contribution in [2.24, 2.45) is 0 Å². The average molecular weight is 370 g/mol. The van der Waals surface area contributed by atoms with Crippen molar-refractivity contribution >= 4 is 23.2 Å². The third-order valence-electron chi connectivity index (χ3n) is 4.04. The van der Waals surface area contributed by atoms with Crippen LogP contribution in [0, 0.1) is 0 Å². The lowest BCUT2D eigenvalue weighted by molar-refractivity contribution is -0.189. The Morgan fingerprint density at radius 3 is 2.72 bits per heavy atom. The first kappa shape index (κ1) is 17.6. The molecule has 0 aliphatic carbocycles. The first-order valence-corrected chi connectivity index (χ1v) is 8.07. The summed E-state index contributed by atoms with van der Waals surface area (Å²) in [6.07, 6.45) is -5.71. The summed E-state index contributed by atoms with van der Waals surface area (Å²) in [6.45, 7) is 1.42. The van der Waals surface area contributed by atoms with Crippen molar-refractivity contribution in [2.45, 2.75) is 25.6 Å². The second kappa shape index (κ2) is 6.59. The zero-order valence-electron chi connectivity index (χ0n) is 13.3. The summed E-state index contributed by atoms with van der Waals surface area (Å²) in [4.78, 5) is 14.3. The van der Waals surface area contributed by atoms with E-state index in [9.17, 15) is 18.0 Å².